The Labute approximate surface area is 521 Å². The van der Waals surface area contributed by atoms with E-state index in [4.69, 9.17) is 14.2 Å². The molecule has 5 atom stereocenters. The van der Waals surface area contributed by atoms with Crippen LogP contribution in [0.4, 0.5) is 0 Å². The lowest BCUT2D eigenvalue weighted by Gasteiger charge is -2.44. The molecule has 2 aliphatic carbocycles. The van der Waals surface area contributed by atoms with Gasteiger partial charge >= 0.3 is 11.9 Å². The van der Waals surface area contributed by atoms with E-state index in [1.54, 1.807) is 0 Å². The molecular weight excluding hydrogens is 1050 g/mol. The molecule has 0 radical (unpaired) electrons. The number of unbranched alkanes of at least 4 members (excludes halogenated alkanes) is 24. The average molecular weight is 1170 g/mol. The van der Waals surface area contributed by atoms with Crippen molar-refractivity contribution in [1.82, 2.24) is 0 Å². The third-order valence-electron chi connectivity index (χ3n) is 18.2. The van der Waals surface area contributed by atoms with Gasteiger partial charge in [-0.1, -0.05) is 253 Å². The largest absolute Gasteiger partial charge is 0.462 e. The minimum absolute atomic E-state index is 0.0779. The summed E-state index contributed by atoms with van der Waals surface area (Å²) in [5, 5.41) is 11.6. The minimum Gasteiger partial charge on any atom is -0.462 e. The maximum atomic E-state index is 13.6. The molecule has 1 saturated heterocycles. The molecule has 2 saturated carbocycles. The van der Waals surface area contributed by atoms with E-state index in [-0.39, 0.29) is 40.8 Å². The SMILES string of the molecule is CCCCCCCC/C=C\CCCCCCCCCC(=O)O[C@H]1CC(C)(C)C(=C=C/C(C)=C/C=C/C(C)=C/C=C/C=C(C)/C=C/C=C(\C)C(=O)C[C@@]23O[C@]2(C)C[C@@H](OC(=O)CCCCCCC/C=C\CCCCCCCC)CC3(C)C)[C@](C)(O)C1. The van der Waals surface area contributed by atoms with Crippen molar-refractivity contribution in [3.05, 3.63) is 125 Å². The highest BCUT2D eigenvalue weighted by Crippen LogP contribution is 2.67. The second-order valence-corrected chi connectivity index (χ2v) is 27.6. The smallest absolute Gasteiger partial charge is 0.306 e. The van der Waals surface area contributed by atoms with Gasteiger partial charge in [-0.3, -0.25) is 14.4 Å². The van der Waals surface area contributed by atoms with Gasteiger partial charge in [0.1, 0.15) is 17.8 Å². The fourth-order valence-electron chi connectivity index (χ4n) is 13.1. The van der Waals surface area contributed by atoms with Gasteiger partial charge in [-0.05, 0) is 141 Å². The molecule has 0 aromatic carbocycles. The molecular formula is C78H124O7. The molecule has 3 aliphatic rings. The van der Waals surface area contributed by atoms with Crippen LogP contribution in [0.25, 0.3) is 0 Å². The summed E-state index contributed by atoms with van der Waals surface area (Å²) in [4.78, 5) is 39.4. The number of carbonyl (C=O) groups is 3. The molecule has 85 heavy (non-hydrogen) atoms. The van der Waals surface area contributed by atoms with E-state index in [1.807, 2.05) is 82.4 Å². The number of rotatable bonds is 44. The van der Waals surface area contributed by atoms with Crippen LogP contribution in [0.3, 0.4) is 0 Å². The third-order valence-corrected chi connectivity index (χ3v) is 18.2. The minimum atomic E-state index is -1.14. The molecule has 0 bridgehead atoms. The van der Waals surface area contributed by atoms with Crippen LogP contribution in [0.5, 0.6) is 0 Å². The summed E-state index contributed by atoms with van der Waals surface area (Å²) in [6.07, 6.45) is 69.2. The summed E-state index contributed by atoms with van der Waals surface area (Å²) in [6.45, 7) is 25.0. The van der Waals surface area contributed by atoms with Crippen molar-refractivity contribution in [2.24, 2.45) is 10.8 Å². The highest BCUT2D eigenvalue weighted by molar-refractivity contribution is 5.96. The molecule has 7 heteroatoms. The van der Waals surface area contributed by atoms with Crippen LogP contribution in [0, 0.1) is 10.8 Å². The Morgan fingerprint density at radius 2 is 0.906 bits per heavy atom. The number of carbonyl (C=O) groups excluding carboxylic acids is 3. The Bertz CT molecular complexity index is 2310. The molecule has 0 unspecified atom stereocenters. The molecule has 3 rings (SSSR count). The summed E-state index contributed by atoms with van der Waals surface area (Å²) in [7, 11) is 0. The first-order valence-electron chi connectivity index (χ1n) is 34.4. The number of fused-ring (bicyclic) bond motifs is 1. The van der Waals surface area contributed by atoms with E-state index in [1.165, 1.54) is 135 Å². The Morgan fingerprint density at radius 3 is 1.34 bits per heavy atom. The molecule has 7 nitrogen and oxygen atoms in total. The van der Waals surface area contributed by atoms with E-state index in [2.05, 4.69) is 97.6 Å². The van der Waals surface area contributed by atoms with Crippen molar-refractivity contribution < 1.29 is 33.7 Å². The van der Waals surface area contributed by atoms with E-state index in [0.29, 0.717) is 50.5 Å². The molecule has 0 amide bonds. The number of hydrogen-bond donors (Lipinski definition) is 1. The molecule has 0 aromatic heterocycles. The van der Waals surface area contributed by atoms with Crippen molar-refractivity contribution in [2.75, 3.05) is 0 Å². The lowest BCUT2D eigenvalue weighted by Crippen LogP contribution is -2.49. The van der Waals surface area contributed by atoms with Crippen LogP contribution >= 0.6 is 0 Å². The van der Waals surface area contributed by atoms with Gasteiger partial charge in [0.25, 0.3) is 0 Å². The standard InChI is InChI=1S/C78H124O7/c1-13-15-17-19-21-23-25-27-29-30-32-34-36-37-39-41-43-55-72(80)83-68-59-74(7,8)71(76(11,82)61-68)58-57-66(5)52-47-51-64(3)49-45-46-50-65(4)53-48-54-67(6)70(79)63-78-75(9,10)60-69(62-77(78,12)85-78)84-73(81)56-44-42-40-38-35-33-31-28-26-24-22-20-18-16-14-2/h27-29,31,45-54,57,68-69,82H,13-26,30,32-44,55-56,59-63H2,1-12H3/b29-27-,31-28-,46-45+,51-47+,53-48+,64-49+,65-50+,66-52+,67-54+/t58?,68-,69-,76+,77+,78-/m0/s1. The Hall–Kier alpha value is -4.29. The number of ketones is 1. The zero-order valence-corrected chi connectivity index (χ0v) is 56.5. The first kappa shape index (κ1) is 75.0. The van der Waals surface area contributed by atoms with Gasteiger partial charge < -0.3 is 19.3 Å². The molecule has 0 aromatic rings. The molecule has 1 N–H and O–H groups in total. The topological polar surface area (TPSA) is 102 Å². The van der Waals surface area contributed by atoms with Gasteiger partial charge in [-0.15, -0.1) is 5.73 Å². The quantitative estimate of drug-likeness (QED) is 0.0123. The monoisotopic (exact) mass is 1170 g/mol. The van der Waals surface area contributed by atoms with E-state index in [9.17, 15) is 19.5 Å². The van der Waals surface area contributed by atoms with Gasteiger partial charge in [-0.2, -0.15) is 0 Å². The highest BCUT2D eigenvalue weighted by atomic mass is 16.6. The zero-order valence-electron chi connectivity index (χ0n) is 56.5. The van der Waals surface area contributed by atoms with E-state index in [0.717, 1.165) is 67.2 Å². The van der Waals surface area contributed by atoms with Gasteiger partial charge in [0.2, 0.25) is 0 Å². The number of allylic oxidation sites excluding steroid dienone is 18. The van der Waals surface area contributed by atoms with Crippen molar-refractivity contribution in [2.45, 2.75) is 337 Å². The Morgan fingerprint density at radius 1 is 0.506 bits per heavy atom. The molecule has 478 valence electrons. The molecule has 3 fully saturated rings. The number of Topliss-reactive ketones (excluding diaryl/α,β-unsaturated/α-hetero) is 1. The first-order valence-corrected chi connectivity index (χ1v) is 34.4. The molecule has 0 spiro atoms. The van der Waals surface area contributed by atoms with Crippen LogP contribution < -0.4 is 0 Å². The van der Waals surface area contributed by atoms with Crippen LogP contribution in [-0.4, -0.2) is 51.8 Å². The van der Waals surface area contributed by atoms with Crippen LogP contribution in [-0.2, 0) is 28.6 Å². The summed E-state index contributed by atoms with van der Waals surface area (Å²) in [5.41, 5.74) is 5.22. The maximum absolute atomic E-state index is 13.6. The summed E-state index contributed by atoms with van der Waals surface area (Å²) in [6, 6.07) is 0. The fraction of sp³-hybridized carbons (Fsp3) is 0.692. The van der Waals surface area contributed by atoms with Gasteiger partial charge in [-0.25, -0.2) is 0 Å². The summed E-state index contributed by atoms with van der Waals surface area (Å²) in [5.74, 6) is -0.190. The first-order chi connectivity index (χ1) is 40.6. The van der Waals surface area contributed by atoms with Gasteiger partial charge in [0.05, 0.1) is 11.2 Å². The number of aliphatic hydroxyl groups is 1. The normalized spacial score (nSPS) is 23.6. The highest BCUT2D eigenvalue weighted by Gasteiger charge is 2.76. The zero-order chi connectivity index (χ0) is 62.5. The van der Waals surface area contributed by atoms with Gasteiger partial charge in [0, 0.05) is 43.1 Å². The maximum Gasteiger partial charge on any atom is 0.306 e. The predicted molar refractivity (Wildman–Crippen MR) is 360 cm³/mol. The average Bonchev–Trinajstić information content (AvgIpc) is 1.52. The van der Waals surface area contributed by atoms with Crippen LogP contribution in [0.15, 0.2) is 125 Å². The van der Waals surface area contributed by atoms with E-state index < -0.39 is 16.8 Å². The summed E-state index contributed by atoms with van der Waals surface area (Å²) < 4.78 is 18.5. The number of hydrogen-bond acceptors (Lipinski definition) is 7. The summed E-state index contributed by atoms with van der Waals surface area (Å²) >= 11 is 0. The Kier molecular flexibility index (Phi) is 36.2. The molecule has 1 aliphatic heterocycles. The fourth-order valence-corrected chi connectivity index (χ4v) is 13.1. The lowest BCUT2D eigenvalue weighted by atomic mass is 9.61. The second-order valence-electron chi connectivity index (χ2n) is 27.6. The second kappa shape index (κ2) is 41.0. The van der Waals surface area contributed by atoms with Gasteiger partial charge in [0.15, 0.2) is 5.78 Å². The van der Waals surface area contributed by atoms with Crippen molar-refractivity contribution >= 4 is 17.7 Å². The van der Waals surface area contributed by atoms with Crippen molar-refractivity contribution in [3.8, 4) is 0 Å². The number of ether oxygens (including phenoxy) is 3. The van der Waals surface area contributed by atoms with Crippen molar-refractivity contribution in [1.29, 1.82) is 0 Å². The number of epoxide rings is 1. The lowest BCUT2D eigenvalue weighted by molar-refractivity contribution is -0.156. The number of esters is 2. The van der Waals surface area contributed by atoms with E-state index >= 15 is 0 Å². The Balaban J connectivity index is 1.34. The van der Waals surface area contributed by atoms with Crippen LogP contribution in [0.1, 0.15) is 308 Å². The van der Waals surface area contributed by atoms with Crippen LogP contribution in [0.2, 0.25) is 0 Å². The third kappa shape index (κ3) is 30.0. The predicted octanol–water partition coefficient (Wildman–Crippen LogP) is 22.1. The van der Waals surface area contributed by atoms with Crippen molar-refractivity contribution in [3.63, 3.8) is 0 Å². The molecule has 1 heterocycles.